The lowest BCUT2D eigenvalue weighted by atomic mass is 9.86. The maximum atomic E-state index is 13.5. The number of rotatable bonds is 7. The summed E-state index contributed by atoms with van der Waals surface area (Å²) < 4.78 is 57.3. The Balaban J connectivity index is 1.45. The lowest BCUT2D eigenvalue weighted by Crippen LogP contribution is -2.36. The van der Waals surface area contributed by atoms with Crippen molar-refractivity contribution < 1.29 is 27.1 Å². The molecule has 1 saturated carbocycles. The third-order valence-electron chi connectivity index (χ3n) is 5.66. The highest BCUT2D eigenvalue weighted by Crippen LogP contribution is 2.30. The molecule has 3 rings (SSSR count). The zero-order valence-electron chi connectivity index (χ0n) is 17.3. The first kappa shape index (κ1) is 23.1. The van der Waals surface area contributed by atoms with Crippen LogP contribution in [0.1, 0.15) is 47.2 Å². The summed E-state index contributed by atoms with van der Waals surface area (Å²) in [5.74, 6) is -0.690. The van der Waals surface area contributed by atoms with Crippen molar-refractivity contribution in [2.75, 3.05) is 13.7 Å². The van der Waals surface area contributed by atoms with Gasteiger partial charge in [0.2, 0.25) is 0 Å². The first-order chi connectivity index (χ1) is 14.8. The first-order valence-electron chi connectivity index (χ1n) is 10.3. The summed E-state index contributed by atoms with van der Waals surface area (Å²) >= 11 is 0. The van der Waals surface area contributed by atoms with Crippen LogP contribution in [0.2, 0.25) is 0 Å². The number of carbonyl (C=O) groups is 1. The Kier molecular flexibility index (Phi) is 7.54. The van der Waals surface area contributed by atoms with Gasteiger partial charge < -0.3 is 15.4 Å². The number of halogens is 4. The van der Waals surface area contributed by atoms with Crippen LogP contribution in [-0.4, -0.2) is 25.6 Å². The van der Waals surface area contributed by atoms with Crippen LogP contribution in [0.4, 0.5) is 17.6 Å². The van der Waals surface area contributed by atoms with Gasteiger partial charge in [-0.2, -0.15) is 13.2 Å². The molecule has 1 aliphatic carbocycles. The predicted molar refractivity (Wildman–Crippen MR) is 109 cm³/mol. The number of nitrogens with one attached hydrogen (secondary N) is 2. The van der Waals surface area contributed by atoms with Crippen molar-refractivity contribution in [3.05, 3.63) is 65.0 Å². The van der Waals surface area contributed by atoms with Crippen LogP contribution < -0.4 is 15.4 Å². The average Bonchev–Trinajstić information content (AvgIpc) is 2.76. The van der Waals surface area contributed by atoms with Crippen molar-refractivity contribution >= 4 is 5.91 Å². The average molecular weight is 438 g/mol. The van der Waals surface area contributed by atoms with Gasteiger partial charge in [0.1, 0.15) is 11.6 Å². The number of benzene rings is 2. The maximum Gasteiger partial charge on any atom is 0.416 e. The molecule has 2 aromatic rings. The largest absolute Gasteiger partial charge is 0.496 e. The molecule has 0 aliphatic heterocycles. The third kappa shape index (κ3) is 6.43. The fourth-order valence-corrected chi connectivity index (χ4v) is 3.90. The summed E-state index contributed by atoms with van der Waals surface area (Å²) in [6.45, 7) is 1.06. The number of carbonyl (C=O) groups excluding carboxylic acids is 1. The molecule has 0 heterocycles. The number of ether oxygens (including phenoxy) is 1. The van der Waals surface area contributed by atoms with Gasteiger partial charge in [-0.1, -0.05) is 18.2 Å². The molecule has 0 bridgehead atoms. The van der Waals surface area contributed by atoms with Gasteiger partial charge in [0.25, 0.3) is 5.91 Å². The Morgan fingerprint density at radius 3 is 2.48 bits per heavy atom. The molecular formula is C23H26F4N2O2. The fraction of sp³-hybridized carbons (Fsp3) is 0.435. The monoisotopic (exact) mass is 438 g/mol. The molecule has 0 atom stereocenters. The summed E-state index contributed by atoms with van der Waals surface area (Å²) in [6.07, 6.45) is -1.05. The van der Waals surface area contributed by atoms with Crippen molar-refractivity contribution in [1.82, 2.24) is 10.6 Å². The second-order valence-corrected chi connectivity index (χ2v) is 7.85. The van der Waals surface area contributed by atoms with E-state index in [0.717, 1.165) is 43.1 Å². The minimum Gasteiger partial charge on any atom is -0.496 e. The Bertz CT molecular complexity index is 893. The first-order valence-corrected chi connectivity index (χ1v) is 10.3. The fourth-order valence-electron chi connectivity index (χ4n) is 3.90. The van der Waals surface area contributed by atoms with E-state index in [0.29, 0.717) is 31.3 Å². The van der Waals surface area contributed by atoms with Gasteiger partial charge >= 0.3 is 6.18 Å². The third-order valence-corrected chi connectivity index (χ3v) is 5.66. The SMILES string of the molecule is COc1ccccc1CNC1CCC(CNC(=O)c2cc(F)cc(C(F)(F)F)c2)CC1. The zero-order chi connectivity index (χ0) is 22.4. The van der Waals surface area contributed by atoms with Crippen molar-refractivity contribution in [1.29, 1.82) is 0 Å². The van der Waals surface area contributed by atoms with E-state index in [1.54, 1.807) is 7.11 Å². The van der Waals surface area contributed by atoms with Crippen molar-refractivity contribution in [3.8, 4) is 5.75 Å². The lowest BCUT2D eigenvalue weighted by Gasteiger charge is -2.29. The highest BCUT2D eigenvalue weighted by Gasteiger charge is 2.32. The summed E-state index contributed by atoms with van der Waals surface area (Å²) in [5, 5.41) is 6.19. The van der Waals surface area contributed by atoms with Gasteiger partial charge in [-0.15, -0.1) is 0 Å². The number of para-hydroxylation sites is 1. The van der Waals surface area contributed by atoms with Crippen LogP contribution in [0.15, 0.2) is 42.5 Å². The quantitative estimate of drug-likeness (QED) is 0.603. The van der Waals surface area contributed by atoms with E-state index in [1.165, 1.54) is 0 Å². The maximum absolute atomic E-state index is 13.5. The van der Waals surface area contributed by atoms with E-state index >= 15 is 0 Å². The number of methoxy groups -OCH3 is 1. The van der Waals surface area contributed by atoms with Gasteiger partial charge in [-0.05, 0) is 55.9 Å². The van der Waals surface area contributed by atoms with Crippen molar-refractivity contribution in [3.63, 3.8) is 0 Å². The molecule has 2 N–H and O–H groups in total. The topological polar surface area (TPSA) is 50.4 Å². The van der Waals surface area contributed by atoms with Crippen LogP contribution in [0.25, 0.3) is 0 Å². The Morgan fingerprint density at radius 2 is 1.81 bits per heavy atom. The molecule has 2 aromatic carbocycles. The molecule has 1 aliphatic rings. The Labute approximate surface area is 179 Å². The van der Waals surface area contributed by atoms with E-state index in [9.17, 15) is 22.4 Å². The van der Waals surface area contributed by atoms with Gasteiger partial charge in [-0.25, -0.2) is 4.39 Å². The molecule has 8 heteroatoms. The smallest absolute Gasteiger partial charge is 0.416 e. The number of alkyl halides is 3. The predicted octanol–water partition coefficient (Wildman–Crippen LogP) is 4.93. The second-order valence-electron chi connectivity index (χ2n) is 7.85. The summed E-state index contributed by atoms with van der Waals surface area (Å²) in [6, 6.07) is 10.1. The Hall–Kier alpha value is -2.61. The molecule has 31 heavy (non-hydrogen) atoms. The number of hydrogen-bond donors (Lipinski definition) is 2. The molecule has 0 unspecified atom stereocenters. The molecular weight excluding hydrogens is 412 g/mol. The van der Waals surface area contributed by atoms with Crippen LogP contribution in [-0.2, 0) is 12.7 Å². The van der Waals surface area contributed by atoms with E-state index in [4.69, 9.17) is 4.74 Å². The number of amides is 1. The van der Waals surface area contributed by atoms with Crippen LogP contribution >= 0.6 is 0 Å². The van der Waals surface area contributed by atoms with E-state index in [-0.39, 0.29) is 11.5 Å². The van der Waals surface area contributed by atoms with Crippen molar-refractivity contribution in [2.24, 2.45) is 5.92 Å². The van der Waals surface area contributed by atoms with E-state index < -0.39 is 23.5 Å². The molecule has 1 amide bonds. The van der Waals surface area contributed by atoms with Gasteiger partial charge in [0.05, 0.1) is 12.7 Å². The summed E-state index contributed by atoms with van der Waals surface area (Å²) in [5.41, 5.74) is -0.397. The molecule has 168 valence electrons. The summed E-state index contributed by atoms with van der Waals surface area (Å²) in [7, 11) is 1.64. The molecule has 0 radical (unpaired) electrons. The lowest BCUT2D eigenvalue weighted by molar-refractivity contribution is -0.137. The highest BCUT2D eigenvalue weighted by atomic mass is 19.4. The standard InChI is InChI=1S/C23H26F4N2O2/c1-31-21-5-3-2-4-16(21)14-28-20-8-6-15(7-9-20)13-29-22(30)17-10-18(23(25,26)27)12-19(24)11-17/h2-5,10-12,15,20,28H,6-9,13-14H2,1H3,(H,29,30). The van der Waals surface area contributed by atoms with Crippen LogP contribution in [0, 0.1) is 11.7 Å². The van der Waals surface area contributed by atoms with E-state index in [1.807, 2.05) is 24.3 Å². The second kappa shape index (κ2) is 10.1. The van der Waals surface area contributed by atoms with Crippen LogP contribution in [0.5, 0.6) is 5.75 Å². The van der Waals surface area contributed by atoms with Crippen LogP contribution in [0.3, 0.4) is 0 Å². The van der Waals surface area contributed by atoms with Gasteiger partial charge in [0.15, 0.2) is 0 Å². The highest BCUT2D eigenvalue weighted by molar-refractivity contribution is 5.94. The van der Waals surface area contributed by atoms with Crippen molar-refractivity contribution in [2.45, 2.75) is 44.4 Å². The Morgan fingerprint density at radius 1 is 1.10 bits per heavy atom. The summed E-state index contributed by atoms with van der Waals surface area (Å²) in [4.78, 5) is 12.2. The molecule has 1 fully saturated rings. The van der Waals surface area contributed by atoms with Gasteiger partial charge in [0, 0.05) is 30.3 Å². The molecule has 0 aromatic heterocycles. The minimum atomic E-state index is -4.70. The van der Waals surface area contributed by atoms with Gasteiger partial charge in [-0.3, -0.25) is 4.79 Å². The normalized spacial score (nSPS) is 19.1. The van der Waals surface area contributed by atoms with E-state index in [2.05, 4.69) is 10.6 Å². The molecule has 4 nitrogen and oxygen atoms in total. The minimum absolute atomic E-state index is 0.240. The zero-order valence-corrected chi connectivity index (χ0v) is 17.3. The number of hydrogen-bond acceptors (Lipinski definition) is 3. The molecule has 0 saturated heterocycles. The molecule has 0 spiro atoms.